The summed E-state index contributed by atoms with van der Waals surface area (Å²) in [6.45, 7) is 5.93. The summed E-state index contributed by atoms with van der Waals surface area (Å²) in [7, 11) is 6.69. The Hall–Kier alpha value is -2.15. The molecule has 0 amide bonds. The molecule has 1 atom stereocenters. The van der Waals surface area contributed by atoms with Crippen molar-refractivity contribution in [3.63, 3.8) is 0 Å². The molecule has 1 heterocycles. The molecule has 0 bridgehead atoms. The molecular weight excluding hydrogens is 332 g/mol. The number of likely N-dealkylation sites (N-methyl/N-ethyl adjacent to an activating group) is 1. The normalized spacial score (nSPS) is 17.9. The number of nitrogens with one attached hydrogen (secondary N) is 2. The Morgan fingerprint density at radius 1 is 1.15 bits per heavy atom. The van der Waals surface area contributed by atoms with E-state index in [1.165, 1.54) is 19.4 Å². The van der Waals surface area contributed by atoms with Gasteiger partial charge in [-0.05, 0) is 25.9 Å². The summed E-state index contributed by atoms with van der Waals surface area (Å²) in [5.74, 6) is 2.91. The molecule has 1 aliphatic rings. The number of hydrogen-bond acceptors (Lipinski definition) is 5. The second kappa shape index (κ2) is 10.1. The maximum Gasteiger partial charge on any atom is 0.191 e. The Balaban J connectivity index is 1.99. The lowest BCUT2D eigenvalue weighted by Crippen LogP contribution is -2.44. The number of rotatable bonds is 8. The summed E-state index contributed by atoms with van der Waals surface area (Å²) in [6, 6.07) is 4.28. The van der Waals surface area contributed by atoms with E-state index >= 15 is 0 Å². The maximum atomic E-state index is 5.50. The van der Waals surface area contributed by atoms with Crippen LogP contribution in [0, 0.1) is 0 Å². The topological polar surface area (TPSA) is 67.4 Å². The SMILES string of the molecule is CCN1CCCC1CNC(=NC)NCc1c(OC)cc(OC)cc1OC. The fraction of sp³-hybridized carbons (Fsp3) is 0.632. The molecule has 0 spiro atoms. The molecule has 26 heavy (non-hydrogen) atoms. The molecule has 1 fully saturated rings. The van der Waals surface area contributed by atoms with Crippen molar-refractivity contribution in [2.75, 3.05) is 48.0 Å². The van der Waals surface area contributed by atoms with E-state index in [-0.39, 0.29) is 0 Å². The van der Waals surface area contributed by atoms with Crippen molar-refractivity contribution in [1.82, 2.24) is 15.5 Å². The Bertz CT molecular complexity index is 581. The van der Waals surface area contributed by atoms with Crippen molar-refractivity contribution in [2.24, 2.45) is 4.99 Å². The van der Waals surface area contributed by atoms with Crippen LogP contribution in [-0.2, 0) is 6.54 Å². The molecule has 0 radical (unpaired) electrons. The zero-order valence-corrected chi connectivity index (χ0v) is 16.6. The zero-order chi connectivity index (χ0) is 18.9. The summed E-state index contributed by atoms with van der Waals surface area (Å²) in [6.07, 6.45) is 2.50. The van der Waals surface area contributed by atoms with E-state index in [1.807, 2.05) is 12.1 Å². The third kappa shape index (κ3) is 4.94. The number of aliphatic imine (C=N–C) groups is 1. The minimum atomic E-state index is 0.540. The fourth-order valence-electron chi connectivity index (χ4n) is 3.40. The van der Waals surface area contributed by atoms with E-state index in [0.717, 1.165) is 36.1 Å². The smallest absolute Gasteiger partial charge is 0.191 e. The first-order valence-electron chi connectivity index (χ1n) is 9.14. The number of guanidine groups is 1. The van der Waals surface area contributed by atoms with Crippen LogP contribution in [0.5, 0.6) is 17.2 Å². The molecule has 1 saturated heterocycles. The van der Waals surface area contributed by atoms with Gasteiger partial charge in [-0.15, -0.1) is 0 Å². The molecule has 1 aliphatic heterocycles. The van der Waals surface area contributed by atoms with Gasteiger partial charge in [0.15, 0.2) is 5.96 Å². The van der Waals surface area contributed by atoms with Gasteiger partial charge in [-0.3, -0.25) is 9.89 Å². The van der Waals surface area contributed by atoms with E-state index in [0.29, 0.717) is 18.3 Å². The standard InChI is InChI=1S/C19H32N4O3/c1-6-23-9-7-8-14(23)12-21-19(20-2)22-13-16-17(25-4)10-15(24-3)11-18(16)26-5/h10-11,14H,6-9,12-13H2,1-5H3,(H2,20,21,22). The molecule has 0 saturated carbocycles. The molecule has 7 heteroatoms. The summed E-state index contributed by atoms with van der Waals surface area (Å²) in [5.41, 5.74) is 0.926. The number of ether oxygens (including phenoxy) is 3. The highest BCUT2D eigenvalue weighted by Gasteiger charge is 2.23. The van der Waals surface area contributed by atoms with Gasteiger partial charge in [0, 0.05) is 31.8 Å². The predicted molar refractivity (Wildman–Crippen MR) is 105 cm³/mol. The highest BCUT2D eigenvalue weighted by atomic mass is 16.5. The summed E-state index contributed by atoms with van der Waals surface area (Å²) < 4.78 is 16.3. The highest BCUT2D eigenvalue weighted by molar-refractivity contribution is 5.79. The van der Waals surface area contributed by atoms with Crippen LogP contribution in [0.1, 0.15) is 25.3 Å². The van der Waals surface area contributed by atoms with Gasteiger partial charge < -0.3 is 24.8 Å². The minimum Gasteiger partial charge on any atom is -0.496 e. The maximum absolute atomic E-state index is 5.50. The largest absolute Gasteiger partial charge is 0.496 e. The van der Waals surface area contributed by atoms with Gasteiger partial charge in [0.25, 0.3) is 0 Å². The van der Waals surface area contributed by atoms with Crippen molar-refractivity contribution in [2.45, 2.75) is 32.4 Å². The Morgan fingerprint density at radius 3 is 2.38 bits per heavy atom. The third-order valence-electron chi connectivity index (χ3n) is 4.88. The highest BCUT2D eigenvalue weighted by Crippen LogP contribution is 2.33. The molecular formula is C19H32N4O3. The molecule has 2 rings (SSSR count). The van der Waals surface area contributed by atoms with E-state index < -0.39 is 0 Å². The van der Waals surface area contributed by atoms with Crippen LogP contribution >= 0.6 is 0 Å². The van der Waals surface area contributed by atoms with Gasteiger partial charge in [0.2, 0.25) is 0 Å². The number of benzene rings is 1. The molecule has 2 N–H and O–H groups in total. The number of hydrogen-bond donors (Lipinski definition) is 2. The lowest BCUT2D eigenvalue weighted by molar-refractivity contribution is 0.267. The second-order valence-electron chi connectivity index (χ2n) is 6.24. The van der Waals surface area contributed by atoms with Gasteiger partial charge in [0.05, 0.1) is 33.4 Å². The third-order valence-corrected chi connectivity index (χ3v) is 4.88. The van der Waals surface area contributed by atoms with Gasteiger partial charge >= 0.3 is 0 Å². The first kappa shape index (κ1) is 20.2. The van der Waals surface area contributed by atoms with Crippen LogP contribution in [0.15, 0.2) is 17.1 Å². The molecule has 1 aromatic carbocycles. The van der Waals surface area contributed by atoms with Crippen molar-refractivity contribution in [1.29, 1.82) is 0 Å². The van der Waals surface area contributed by atoms with Crippen LogP contribution in [0.2, 0.25) is 0 Å². The first-order chi connectivity index (χ1) is 12.7. The van der Waals surface area contributed by atoms with Gasteiger partial charge in [-0.25, -0.2) is 0 Å². The Morgan fingerprint density at radius 2 is 1.85 bits per heavy atom. The quantitative estimate of drug-likeness (QED) is 0.542. The van der Waals surface area contributed by atoms with Crippen LogP contribution < -0.4 is 24.8 Å². The van der Waals surface area contributed by atoms with Crippen molar-refractivity contribution < 1.29 is 14.2 Å². The van der Waals surface area contributed by atoms with Crippen LogP contribution in [-0.4, -0.2) is 64.9 Å². The van der Waals surface area contributed by atoms with Gasteiger partial charge in [-0.1, -0.05) is 6.92 Å². The predicted octanol–water partition coefficient (Wildman–Crippen LogP) is 1.86. The Labute approximate surface area is 156 Å². The van der Waals surface area contributed by atoms with Crippen LogP contribution in [0.4, 0.5) is 0 Å². The molecule has 7 nitrogen and oxygen atoms in total. The lowest BCUT2D eigenvalue weighted by atomic mass is 10.1. The Kier molecular flexibility index (Phi) is 7.84. The molecule has 1 unspecified atom stereocenters. The van der Waals surface area contributed by atoms with E-state index in [9.17, 15) is 0 Å². The second-order valence-corrected chi connectivity index (χ2v) is 6.24. The molecule has 1 aromatic rings. The van der Waals surface area contributed by atoms with Crippen LogP contribution in [0.3, 0.4) is 0 Å². The molecule has 146 valence electrons. The lowest BCUT2D eigenvalue weighted by Gasteiger charge is -2.24. The average molecular weight is 364 g/mol. The number of likely N-dealkylation sites (tertiary alicyclic amines) is 1. The average Bonchev–Trinajstić information content (AvgIpc) is 3.15. The van der Waals surface area contributed by atoms with Crippen LogP contribution in [0.25, 0.3) is 0 Å². The van der Waals surface area contributed by atoms with Crippen molar-refractivity contribution in [3.8, 4) is 17.2 Å². The zero-order valence-electron chi connectivity index (χ0n) is 16.6. The van der Waals surface area contributed by atoms with Crippen molar-refractivity contribution >= 4 is 5.96 Å². The van der Waals surface area contributed by atoms with Gasteiger partial charge in [0.1, 0.15) is 17.2 Å². The number of nitrogens with zero attached hydrogens (tertiary/aromatic N) is 2. The van der Waals surface area contributed by atoms with E-state index in [2.05, 4.69) is 27.4 Å². The molecule has 0 aliphatic carbocycles. The van der Waals surface area contributed by atoms with Gasteiger partial charge in [-0.2, -0.15) is 0 Å². The van der Waals surface area contributed by atoms with E-state index in [4.69, 9.17) is 14.2 Å². The fourth-order valence-corrected chi connectivity index (χ4v) is 3.40. The summed E-state index contributed by atoms with van der Waals surface area (Å²) >= 11 is 0. The van der Waals surface area contributed by atoms with E-state index in [1.54, 1.807) is 28.4 Å². The summed E-state index contributed by atoms with van der Waals surface area (Å²) in [4.78, 5) is 6.84. The summed E-state index contributed by atoms with van der Waals surface area (Å²) in [5, 5.41) is 6.78. The minimum absolute atomic E-state index is 0.540. The number of methoxy groups -OCH3 is 3. The van der Waals surface area contributed by atoms with Crippen molar-refractivity contribution in [3.05, 3.63) is 17.7 Å². The monoisotopic (exact) mass is 364 g/mol. The molecule has 0 aromatic heterocycles. The first-order valence-corrected chi connectivity index (χ1v) is 9.14.